The number of aromatic nitrogens is 3. The maximum Gasteiger partial charge on any atom is 0.207 e. The van der Waals surface area contributed by atoms with Crippen molar-refractivity contribution in [1.29, 1.82) is 0 Å². The lowest BCUT2D eigenvalue weighted by molar-refractivity contribution is -0.109. The fraction of sp³-hybridized carbons (Fsp3) is 0.259. The number of carbonyl (C=O) groups is 1. The Labute approximate surface area is 218 Å². The van der Waals surface area contributed by atoms with E-state index < -0.39 is 0 Å². The van der Waals surface area contributed by atoms with Crippen molar-refractivity contribution in [2.75, 3.05) is 18.0 Å². The van der Waals surface area contributed by atoms with Crippen LogP contribution in [0.15, 0.2) is 54.3 Å². The van der Waals surface area contributed by atoms with Crippen molar-refractivity contribution in [3.63, 3.8) is 0 Å². The summed E-state index contributed by atoms with van der Waals surface area (Å²) in [6.45, 7) is 4.46. The van der Waals surface area contributed by atoms with Crippen LogP contribution in [0.3, 0.4) is 0 Å². The molecule has 3 aromatic heterocycles. The molecule has 0 spiro atoms. The minimum atomic E-state index is -0.165. The summed E-state index contributed by atoms with van der Waals surface area (Å²) in [5.74, 6) is 0.862. The lowest BCUT2D eigenvalue weighted by Gasteiger charge is -2.27. The number of anilines is 1. The van der Waals surface area contributed by atoms with Crippen LogP contribution in [-0.4, -0.2) is 34.5 Å². The van der Waals surface area contributed by atoms with E-state index in [1.165, 1.54) is 24.0 Å². The van der Waals surface area contributed by atoms with Gasteiger partial charge < -0.3 is 10.2 Å². The molecule has 1 fully saturated rings. The molecule has 2 aromatic carbocycles. The number of nitrogens with zero attached hydrogens (tertiary/aromatic N) is 4. The second kappa shape index (κ2) is 11.1. The number of carbonyl (C=O) groups excluding carboxylic acids is 1. The fourth-order valence-electron chi connectivity index (χ4n) is 4.23. The van der Waals surface area contributed by atoms with Crippen molar-refractivity contribution in [2.45, 2.75) is 32.7 Å². The lowest BCUT2D eigenvalue weighted by Crippen LogP contribution is -2.30. The molecule has 1 aliphatic heterocycles. The topological polar surface area (TPSA) is 71.0 Å². The third kappa shape index (κ3) is 5.37. The zero-order valence-electron chi connectivity index (χ0n) is 19.9. The van der Waals surface area contributed by atoms with E-state index in [0.717, 1.165) is 50.6 Å². The van der Waals surface area contributed by atoms with Crippen molar-refractivity contribution in [2.24, 2.45) is 0 Å². The molecule has 0 radical (unpaired) electrons. The van der Waals surface area contributed by atoms with Gasteiger partial charge in [0.1, 0.15) is 18.0 Å². The monoisotopic (exact) mass is 521 g/mol. The Bertz CT molecular complexity index is 1500. The highest BCUT2D eigenvalue weighted by atomic mass is 32.1. The zero-order valence-corrected chi connectivity index (χ0v) is 21.5. The van der Waals surface area contributed by atoms with E-state index in [-0.39, 0.29) is 7.24 Å². The number of piperidine rings is 1. The predicted molar refractivity (Wildman–Crippen MR) is 148 cm³/mol. The van der Waals surface area contributed by atoms with Crippen LogP contribution < -0.4 is 10.2 Å². The number of thiophene rings is 1. The molecule has 4 heterocycles. The van der Waals surface area contributed by atoms with Crippen LogP contribution in [0, 0.1) is 12.7 Å². The van der Waals surface area contributed by atoms with Gasteiger partial charge in [-0.1, -0.05) is 18.2 Å². The van der Waals surface area contributed by atoms with Crippen LogP contribution >= 0.6 is 22.7 Å². The smallest absolute Gasteiger partial charge is 0.207 e. The van der Waals surface area contributed by atoms with Crippen molar-refractivity contribution in [1.82, 2.24) is 20.3 Å². The van der Waals surface area contributed by atoms with Crippen molar-refractivity contribution < 1.29 is 10.6 Å². The molecule has 1 amide bonds. The van der Waals surface area contributed by atoms with Crippen LogP contribution in [-0.2, 0) is 11.3 Å². The first-order valence-electron chi connectivity index (χ1n) is 11.9. The van der Waals surface area contributed by atoms with Crippen molar-refractivity contribution in [3.8, 4) is 10.4 Å². The van der Waals surface area contributed by atoms with Crippen molar-refractivity contribution in [3.05, 3.63) is 71.2 Å². The number of hydrogen-bond acceptors (Lipinski definition) is 7. The fourth-order valence-corrected chi connectivity index (χ4v) is 6.02. The first kappa shape index (κ1) is 24.3. The number of aryl methyl sites for hydroxylation is 1. The molecule has 1 N–H and O–H groups in total. The van der Waals surface area contributed by atoms with Gasteiger partial charge in [0, 0.05) is 25.9 Å². The highest BCUT2D eigenvalue weighted by Gasteiger charge is 2.18. The number of benzene rings is 2. The Morgan fingerprint density at radius 3 is 2.72 bits per heavy atom. The number of rotatable bonds is 5. The van der Waals surface area contributed by atoms with Crippen LogP contribution in [0.1, 0.15) is 31.8 Å². The summed E-state index contributed by atoms with van der Waals surface area (Å²) in [5.41, 5.74) is 6.41. The summed E-state index contributed by atoms with van der Waals surface area (Å²) in [6, 6.07) is 13.4. The van der Waals surface area contributed by atoms with Crippen LogP contribution in [0.4, 0.5) is 10.2 Å². The van der Waals surface area contributed by atoms with E-state index in [1.54, 1.807) is 42.0 Å². The quantitative estimate of drug-likeness (QED) is 0.264. The van der Waals surface area contributed by atoms with E-state index in [2.05, 4.69) is 25.2 Å². The highest BCUT2D eigenvalue weighted by molar-refractivity contribution is 7.22. The standard InChI is InChI=1S/C18H18FN3S.C9H8N2OS.H2/c1-12-5-6-13(9-14(12)19)16-10-15-17(23-16)18(21-11-20-15)22-7-3-2-4-8-22;12-5-10-4-7-1-2-9-8(3-7)11-6-13-9;/h5-6,9-11H,2-4,7-8H2,1H3;1-3,5-6H,4H2,(H,10,12);1H. The molecule has 9 heteroatoms. The summed E-state index contributed by atoms with van der Waals surface area (Å²) in [4.78, 5) is 26.6. The second-order valence-electron chi connectivity index (χ2n) is 8.69. The molecule has 0 bridgehead atoms. The Balaban J connectivity index is 0.000000195. The number of nitrogens with one attached hydrogen (secondary N) is 1. The SMILES string of the molecule is Cc1ccc(-c2cc3ncnc(N4CCCCC4)c3s2)cc1F.O=CNCc1ccc2scnc2c1.[HH]. The van der Waals surface area contributed by atoms with Gasteiger partial charge in [-0.25, -0.2) is 19.3 Å². The van der Waals surface area contributed by atoms with E-state index in [9.17, 15) is 9.18 Å². The highest BCUT2D eigenvalue weighted by Crippen LogP contribution is 2.37. The van der Waals surface area contributed by atoms with Gasteiger partial charge in [0.25, 0.3) is 0 Å². The third-order valence-corrected chi connectivity index (χ3v) is 8.17. The average molecular weight is 522 g/mol. The van der Waals surface area contributed by atoms with Gasteiger partial charge in [0.2, 0.25) is 6.41 Å². The molecule has 0 atom stereocenters. The summed E-state index contributed by atoms with van der Waals surface area (Å²) in [7, 11) is 0. The van der Waals surface area contributed by atoms with Gasteiger partial charge >= 0.3 is 0 Å². The van der Waals surface area contributed by atoms with Gasteiger partial charge in [-0.15, -0.1) is 22.7 Å². The molecule has 186 valence electrons. The molecule has 1 aliphatic rings. The number of hydrogen-bond donors (Lipinski definition) is 1. The molecule has 5 aromatic rings. The number of thiazole rings is 1. The number of amides is 1. The molecule has 36 heavy (non-hydrogen) atoms. The molecule has 6 nitrogen and oxygen atoms in total. The predicted octanol–water partition coefficient (Wildman–Crippen LogP) is 6.58. The summed E-state index contributed by atoms with van der Waals surface area (Å²) in [6.07, 6.45) is 6.06. The molecular formula is C27H28FN5OS2. The second-order valence-corrected chi connectivity index (χ2v) is 10.6. The summed E-state index contributed by atoms with van der Waals surface area (Å²) < 4.78 is 16.1. The van der Waals surface area contributed by atoms with E-state index in [4.69, 9.17) is 0 Å². The molecule has 0 aliphatic carbocycles. The lowest BCUT2D eigenvalue weighted by atomic mass is 10.1. The Hall–Kier alpha value is -3.43. The third-order valence-electron chi connectivity index (χ3n) is 6.19. The Morgan fingerprint density at radius 1 is 1.06 bits per heavy atom. The summed E-state index contributed by atoms with van der Waals surface area (Å²) in [5, 5.41) is 2.62. The molecule has 0 unspecified atom stereocenters. The van der Waals surface area contributed by atoms with Crippen LogP contribution in [0.25, 0.3) is 30.9 Å². The van der Waals surface area contributed by atoms with E-state index >= 15 is 0 Å². The number of fused-ring (bicyclic) bond motifs is 2. The first-order chi connectivity index (χ1) is 17.6. The maximum absolute atomic E-state index is 13.9. The van der Waals surface area contributed by atoms with Gasteiger partial charge in [-0.05, 0) is 67.1 Å². The van der Waals surface area contributed by atoms with E-state index in [0.29, 0.717) is 18.5 Å². The maximum atomic E-state index is 13.9. The Morgan fingerprint density at radius 2 is 1.92 bits per heavy atom. The largest absolute Gasteiger partial charge is 0.355 e. The molecular weight excluding hydrogens is 493 g/mol. The summed E-state index contributed by atoms with van der Waals surface area (Å²) >= 11 is 3.27. The van der Waals surface area contributed by atoms with Gasteiger partial charge in [0.05, 0.1) is 25.9 Å². The molecule has 0 saturated carbocycles. The average Bonchev–Trinajstić information content (AvgIpc) is 3.56. The normalized spacial score (nSPS) is 13.4. The van der Waals surface area contributed by atoms with E-state index in [1.807, 2.05) is 41.9 Å². The van der Waals surface area contributed by atoms with Crippen LogP contribution in [0.2, 0.25) is 0 Å². The van der Waals surface area contributed by atoms with Crippen LogP contribution in [0.5, 0.6) is 0 Å². The molecule has 1 saturated heterocycles. The van der Waals surface area contributed by atoms with Crippen molar-refractivity contribution >= 4 is 55.3 Å². The zero-order chi connectivity index (χ0) is 24.9. The minimum absolute atomic E-state index is 0. The Kier molecular flexibility index (Phi) is 7.48. The van der Waals surface area contributed by atoms with Gasteiger partial charge in [-0.2, -0.15) is 0 Å². The molecule has 6 rings (SSSR count). The first-order valence-corrected chi connectivity index (χ1v) is 13.6. The van der Waals surface area contributed by atoms with Gasteiger partial charge in [0.15, 0.2) is 0 Å². The minimum Gasteiger partial charge on any atom is -0.355 e. The number of halogens is 1. The van der Waals surface area contributed by atoms with Gasteiger partial charge in [-0.3, -0.25) is 4.79 Å².